The number of carboxylic acids is 1. The first kappa shape index (κ1) is 13.5. The number of nitrogens with one attached hydrogen (secondary N) is 1. The van der Waals surface area contributed by atoms with Gasteiger partial charge >= 0.3 is 11.7 Å². The molecule has 2 rings (SSSR count). The van der Waals surface area contributed by atoms with Crippen LogP contribution in [0.2, 0.25) is 0 Å². The molecule has 0 saturated carbocycles. The van der Waals surface area contributed by atoms with Gasteiger partial charge in [-0.2, -0.15) is 0 Å². The third-order valence-electron chi connectivity index (χ3n) is 2.56. The average molecular weight is 283 g/mol. The number of hydrogen-bond donors (Lipinski definition) is 2. The van der Waals surface area contributed by atoms with Gasteiger partial charge in [-0.1, -0.05) is 11.8 Å². The Bertz CT molecular complexity index is 642. The van der Waals surface area contributed by atoms with Gasteiger partial charge in [0.2, 0.25) is 5.76 Å². The number of thioether (sulfide) groups is 1. The zero-order chi connectivity index (χ0) is 14.0. The molecule has 1 atom stereocenters. The molecule has 0 fully saturated rings. The predicted octanol–water partition coefficient (Wildman–Crippen LogP) is 1.74. The molecule has 0 bridgehead atoms. The molecular formula is C11H13N3O4S. The molecule has 0 aliphatic rings. The second-order valence-corrected chi connectivity index (χ2v) is 5.13. The third kappa shape index (κ3) is 2.73. The van der Waals surface area contributed by atoms with Gasteiger partial charge in [-0.3, -0.25) is 4.57 Å². The van der Waals surface area contributed by atoms with Crippen LogP contribution in [0.4, 0.5) is 0 Å². The van der Waals surface area contributed by atoms with Crippen LogP contribution < -0.4 is 5.69 Å². The average Bonchev–Trinajstić information content (AvgIpc) is 2.96. The fourth-order valence-electron chi connectivity index (χ4n) is 1.57. The number of nitrogens with zero attached hydrogens (tertiary/aromatic N) is 2. The number of carboxylic acid groups (broad SMARTS) is 1. The van der Waals surface area contributed by atoms with Gasteiger partial charge in [0.15, 0.2) is 5.16 Å². The van der Waals surface area contributed by atoms with Crippen molar-refractivity contribution >= 4 is 17.7 Å². The van der Waals surface area contributed by atoms with E-state index in [2.05, 4.69) is 10.2 Å². The molecule has 7 nitrogen and oxygen atoms in total. The Morgan fingerprint density at radius 2 is 2.37 bits per heavy atom. The summed E-state index contributed by atoms with van der Waals surface area (Å²) in [5.74, 6) is -0.674. The summed E-state index contributed by atoms with van der Waals surface area (Å²) in [4.78, 5) is 22.1. The lowest BCUT2D eigenvalue weighted by molar-refractivity contribution is 0.0660. The van der Waals surface area contributed by atoms with Crippen LogP contribution in [0.1, 0.15) is 35.4 Å². The van der Waals surface area contributed by atoms with Gasteiger partial charge in [-0.15, -0.1) is 5.10 Å². The Labute approximate surface area is 112 Å². The zero-order valence-corrected chi connectivity index (χ0v) is 11.2. The summed E-state index contributed by atoms with van der Waals surface area (Å²) >= 11 is 1.33. The molecule has 0 spiro atoms. The molecule has 19 heavy (non-hydrogen) atoms. The molecule has 0 aliphatic carbocycles. The van der Waals surface area contributed by atoms with E-state index >= 15 is 0 Å². The van der Waals surface area contributed by atoms with Crippen molar-refractivity contribution in [2.45, 2.75) is 30.8 Å². The Hall–Kier alpha value is -1.96. The first-order valence-electron chi connectivity index (χ1n) is 5.67. The highest BCUT2D eigenvalue weighted by atomic mass is 32.2. The van der Waals surface area contributed by atoms with Crippen LogP contribution in [0.5, 0.6) is 0 Å². The topological polar surface area (TPSA) is 101 Å². The molecule has 8 heteroatoms. The number of furan rings is 1. The Balaban J connectivity index is 2.18. The van der Waals surface area contributed by atoms with Gasteiger partial charge in [-0.05, 0) is 26.0 Å². The number of H-pyrrole nitrogens is 1. The van der Waals surface area contributed by atoms with Gasteiger partial charge in [0, 0.05) is 6.54 Å². The van der Waals surface area contributed by atoms with Crippen molar-refractivity contribution in [1.82, 2.24) is 14.8 Å². The number of aromatic carboxylic acids is 1. The Morgan fingerprint density at radius 3 is 2.95 bits per heavy atom. The van der Waals surface area contributed by atoms with Crippen LogP contribution >= 0.6 is 11.8 Å². The van der Waals surface area contributed by atoms with E-state index in [1.165, 1.54) is 22.4 Å². The summed E-state index contributed by atoms with van der Waals surface area (Å²) in [6.07, 6.45) is 0. The maximum Gasteiger partial charge on any atom is 0.371 e. The van der Waals surface area contributed by atoms with Crippen molar-refractivity contribution in [2.24, 2.45) is 0 Å². The minimum Gasteiger partial charge on any atom is -0.475 e. The quantitative estimate of drug-likeness (QED) is 0.810. The highest BCUT2D eigenvalue weighted by Crippen LogP contribution is 2.33. The monoisotopic (exact) mass is 283 g/mol. The number of rotatable bonds is 5. The second-order valence-electron chi connectivity index (χ2n) is 3.82. The molecule has 2 N–H and O–H groups in total. The van der Waals surface area contributed by atoms with E-state index in [9.17, 15) is 9.59 Å². The van der Waals surface area contributed by atoms with E-state index in [1.54, 1.807) is 6.07 Å². The van der Waals surface area contributed by atoms with Gasteiger partial charge in [0.25, 0.3) is 0 Å². The number of aromatic nitrogens is 3. The Kier molecular flexibility index (Phi) is 3.79. The summed E-state index contributed by atoms with van der Waals surface area (Å²) in [5.41, 5.74) is -0.261. The zero-order valence-electron chi connectivity index (χ0n) is 10.4. The van der Waals surface area contributed by atoms with Crippen molar-refractivity contribution in [3.63, 3.8) is 0 Å². The van der Waals surface area contributed by atoms with Crippen molar-refractivity contribution in [3.05, 3.63) is 34.1 Å². The van der Waals surface area contributed by atoms with Gasteiger partial charge in [0.05, 0.1) is 5.25 Å². The summed E-state index contributed by atoms with van der Waals surface area (Å²) < 4.78 is 6.72. The van der Waals surface area contributed by atoms with E-state index in [1.807, 2.05) is 13.8 Å². The minimum atomic E-state index is -1.10. The summed E-state index contributed by atoms with van der Waals surface area (Å²) in [5, 5.41) is 15.5. The molecule has 0 saturated heterocycles. The summed E-state index contributed by atoms with van der Waals surface area (Å²) in [6.45, 7) is 4.22. The first-order chi connectivity index (χ1) is 9.02. The van der Waals surface area contributed by atoms with Crippen LogP contribution in [0.3, 0.4) is 0 Å². The van der Waals surface area contributed by atoms with Gasteiger partial charge in [-0.25, -0.2) is 14.7 Å². The van der Waals surface area contributed by atoms with Crippen molar-refractivity contribution in [2.75, 3.05) is 0 Å². The van der Waals surface area contributed by atoms with Crippen LogP contribution in [0.15, 0.2) is 26.5 Å². The fourth-order valence-corrected chi connectivity index (χ4v) is 2.57. The van der Waals surface area contributed by atoms with Crippen molar-refractivity contribution in [1.29, 1.82) is 0 Å². The standard InChI is InChI=1S/C11H13N3O4S/c1-3-14-10(17)12-13-11(14)19-6(2)7-4-5-8(18-7)9(15)16/h4-6H,3H2,1-2H3,(H,12,17)(H,15,16). The number of hydrogen-bond acceptors (Lipinski definition) is 5. The molecule has 2 heterocycles. The van der Waals surface area contributed by atoms with E-state index in [0.717, 1.165) is 0 Å². The minimum absolute atomic E-state index is 0.0997. The van der Waals surface area contributed by atoms with Crippen molar-refractivity contribution in [3.8, 4) is 0 Å². The number of carbonyl (C=O) groups is 1. The highest BCUT2D eigenvalue weighted by Gasteiger charge is 2.18. The van der Waals surface area contributed by atoms with Gasteiger partial charge < -0.3 is 9.52 Å². The number of aromatic amines is 1. The maximum absolute atomic E-state index is 11.4. The summed E-state index contributed by atoms with van der Waals surface area (Å²) in [7, 11) is 0. The fraction of sp³-hybridized carbons (Fsp3) is 0.364. The van der Waals surface area contributed by atoms with Crippen LogP contribution in [-0.2, 0) is 6.54 Å². The molecule has 2 aromatic heterocycles. The molecule has 0 radical (unpaired) electrons. The molecular weight excluding hydrogens is 270 g/mol. The predicted molar refractivity (Wildman–Crippen MR) is 68.5 cm³/mol. The lowest BCUT2D eigenvalue weighted by Gasteiger charge is -2.07. The molecule has 0 amide bonds. The molecule has 0 aromatic carbocycles. The van der Waals surface area contributed by atoms with E-state index in [-0.39, 0.29) is 16.7 Å². The van der Waals surface area contributed by atoms with Crippen LogP contribution in [-0.4, -0.2) is 25.8 Å². The molecule has 102 valence electrons. The first-order valence-corrected chi connectivity index (χ1v) is 6.55. The van der Waals surface area contributed by atoms with Gasteiger partial charge in [0.1, 0.15) is 5.76 Å². The second kappa shape index (κ2) is 5.35. The molecule has 2 aromatic rings. The maximum atomic E-state index is 11.4. The van der Waals surface area contributed by atoms with Crippen LogP contribution in [0, 0.1) is 0 Å². The molecule has 0 aliphatic heterocycles. The Morgan fingerprint density at radius 1 is 1.63 bits per heavy atom. The normalized spacial score (nSPS) is 12.5. The smallest absolute Gasteiger partial charge is 0.371 e. The lowest BCUT2D eigenvalue weighted by Crippen LogP contribution is -2.16. The molecule has 1 unspecified atom stereocenters. The van der Waals surface area contributed by atoms with E-state index in [4.69, 9.17) is 9.52 Å². The highest BCUT2D eigenvalue weighted by molar-refractivity contribution is 7.99. The SMILES string of the molecule is CCn1c(SC(C)c2ccc(C(=O)O)o2)n[nH]c1=O. The third-order valence-corrected chi connectivity index (χ3v) is 3.67. The van der Waals surface area contributed by atoms with Crippen LogP contribution in [0.25, 0.3) is 0 Å². The van der Waals surface area contributed by atoms with E-state index < -0.39 is 5.97 Å². The largest absolute Gasteiger partial charge is 0.475 e. The summed E-state index contributed by atoms with van der Waals surface area (Å²) in [6, 6.07) is 3.02. The lowest BCUT2D eigenvalue weighted by atomic mass is 10.3. The van der Waals surface area contributed by atoms with Crippen molar-refractivity contribution < 1.29 is 14.3 Å². The van der Waals surface area contributed by atoms with E-state index in [0.29, 0.717) is 17.5 Å².